The molecular weight excluding hydrogens is 210 g/mol. The largest absolute Gasteiger partial charge is 0.396 e. The molecule has 0 saturated heterocycles. The molecule has 0 saturated carbocycles. The molecule has 1 aromatic rings. The van der Waals surface area contributed by atoms with Crippen LogP contribution in [0.25, 0.3) is 0 Å². The van der Waals surface area contributed by atoms with Gasteiger partial charge in [0.25, 0.3) is 0 Å². The fourth-order valence-electron chi connectivity index (χ4n) is 2.11. The molecule has 2 nitrogen and oxygen atoms in total. The summed E-state index contributed by atoms with van der Waals surface area (Å²) >= 11 is 0. The molecule has 0 aliphatic heterocycles. The van der Waals surface area contributed by atoms with Gasteiger partial charge in [-0.05, 0) is 42.9 Å². The molecule has 0 fully saturated rings. The number of pyridine rings is 1. The maximum atomic E-state index is 9.35. The highest BCUT2D eigenvalue weighted by Crippen LogP contribution is 2.16. The molecule has 0 aliphatic carbocycles. The van der Waals surface area contributed by atoms with E-state index in [2.05, 4.69) is 24.0 Å². The molecule has 0 spiro atoms. The zero-order valence-corrected chi connectivity index (χ0v) is 10.9. The zero-order chi connectivity index (χ0) is 12.3. The first-order chi connectivity index (χ1) is 8.36. The number of unbranched alkanes of at least 4 members (excludes halogenated alkanes) is 3. The van der Waals surface area contributed by atoms with Crippen molar-refractivity contribution >= 4 is 0 Å². The fourth-order valence-corrected chi connectivity index (χ4v) is 2.11. The van der Waals surface area contributed by atoms with Crippen LogP contribution in [0, 0.1) is 5.92 Å². The first-order valence-electron chi connectivity index (χ1n) is 6.86. The Balaban J connectivity index is 2.18. The molecule has 1 N–H and O–H groups in total. The van der Waals surface area contributed by atoms with Crippen LogP contribution >= 0.6 is 0 Å². The van der Waals surface area contributed by atoms with Gasteiger partial charge in [-0.2, -0.15) is 0 Å². The Bertz CT molecular complexity index is 274. The highest BCUT2D eigenvalue weighted by molar-refractivity contribution is 5.09. The molecule has 1 atom stereocenters. The summed E-state index contributed by atoms with van der Waals surface area (Å²) in [5.41, 5.74) is 1.33. The number of rotatable bonds is 9. The summed E-state index contributed by atoms with van der Waals surface area (Å²) in [6, 6.07) is 4.12. The molecule has 0 unspecified atom stereocenters. The van der Waals surface area contributed by atoms with Gasteiger partial charge in [0.15, 0.2) is 0 Å². The molecule has 0 radical (unpaired) electrons. The minimum Gasteiger partial charge on any atom is -0.396 e. The Hall–Kier alpha value is -0.890. The Kier molecular flexibility index (Phi) is 7.65. The van der Waals surface area contributed by atoms with E-state index in [-0.39, 0.29) is 0 Å². The average Bonchev–Trinajstić information content (AvgIpc) is 2.39. The standard InChI is InChI=1S/C15H25NO/c1-2-3-4-5-6-15(13-17)8-7-14-9-11-16-12-10-14/h9-12,15,17H,2-8,13H2,1H3/t15-/m1/s1. The summed E-state index contributed by atoms with van der Waals surface area (Å²) in [4.78, 5) is 4.01. The van der Waals surface area contributed by atoms with Gasteiger partial charge in [-0.1, -0.05) is 32.6 Å². The van der Waals surface area contributed by atoms with Crippen molar-refractivity contribution in [2.24, 2.45) is 5.92 Å². The summed E-state index contributed by atoms with van der Waals surface area (Å²) < 4.78 is 0. The SMILES string of the molecule is CCCCCC[C@@H](CO)CCc1ccncc1. The minimum absolute atomic E-state index is 0.331. The van der Waals surface area contributed by atoms with Gasteiger partial charge in [-0.25, -0.2) is 0 Å². The van der Waals surface area contributed by atoms with Crippen molar-refractivity contribution in [2.45, 2.75) is 51.9 Å². The zero-order valence-electron chi connectivity index (χ0n) is 10.9. The smallest absolute Gasteiger partial charge is 0.0459 e. The van der Waals surface area contributed by atoms with E-state index in [1.54, 1.807) is 0 Å². The van der Waals surface area contributed by atoms with E-state index in [9.17, 15) is 5.11 Å². The Labute approximate surface area is 105 Å². The number of aromatic nitrogens is 1. The van der Waals surface area contributed by atoms with Crippen LogP contribution in [0.2, 0.25) is 0 Å². The van der Waals surface area contributed by atoms with Crippen molar-refractivity contribution < 1.29 is 5.11 Å². The number of hydrogen-bond acceptors (Lipinski definition) is 2. The van der Waals surface area contributed by atoms with Gasteiger partial charge >= 0.3 is 0 Å². The Morgan fingerprint density at radius 3 is 2.53 bits per heavy atom. The van der Waals surface area contributed by atoms with E-state index < -0.39 is 0 Å². The van der Waals surface area contributed by atoms with Crippen LogP contribution in [0.1, 0.15) is 51.0 Å². The van der Waals surface area contributed by atoms with Crippen LogP contribution in [0.3, 0.4) is 0 Å². The fraction of sp³-hybridized carbons (Fsp3) is 0.667. The van der Waals surface area contributed by atoms with Crippen molar-refractivity contribution in [1.82, 2.24) is 4.98 Å². The van der Waals surface area contributed by atoms with Crippen molar-refractivity contribution in [1.29, 1.82) is 0 Å². The molecule has 1 rings (SSSR count). The number of hydrogen-bond donors (Lipinski definition) is 1. The van der Waals surface area contributed by atoms with Crippen LogP contribution in [0.5, 0.6) is 0 Å². The van der Waals surface area contributed by atoms with E-state index in [4.69, 9.17) is 0 Å². The molecule has 1 aromatic heterocycles. The monoisotopic (exact) mass is 235 g/mol. The Morgan fingerprint density at radius 2 is 1.88 bits per heavy atom. The second-order valence-electron chi connectivity index (χ2n) is 4.79. The summed E-state index contributed by atoms with van der Waals surface area (Å²) in [7, 11) is 0. The molecule has 17 heavy (non-hydrogen) atoms. The van der Waals surface area contributed by atoms with Crippen molar-refractivity contribution in [2.75, 3.05) is 6.61 Å². The third kappa shape index (κ3) is 6.42. The van der Waals surface area contributed by atoms with Gasteiger partial charge in [0.2, 0.25) is 0 Å². The topological polar surface area (TPSA) is 33.1 Å². The van der Waals surface area contributed by atoms with Crippen molar-refractivity contribution in [3.63, 3.8) is 0 Å². The van der Waals surface area contributed by atoms with Crippen LogP contribution in [0.15, 0.2) is 24.5 Å². The predicted octanol–water partition coefficient (Wildman–Crippen LogP) is 3.59. The van der Waals surface area contributed by atoms with Crippen molar-refractivity contribution in [3.05, 3.63) is 30.1 Å². The number of aliphatic hydroxyl groups excluding tert-OH is 1. The van der Waals surface area contributed by atoms with Gasteiger partial charge in [-0.15, -0.1) is 0 Å². The average molecular weight is 235 g/mol. The van der Waals surface area contributed by atoms with Crippen LogP contribution < -0.4 is 0 Å². The molecule has 2 heteroatoms. The van der Waals surface area contributed by atoms with E-state index >= 15 is 0 Å². The lowest BCUT2D eigenvalue weighted by Crippen LogP contribution is -2.07. The van der Waals surface area contributed by atoms with Gasteiger partial charge in [0.05, 0.1) is 0 Å². The van der Waals surface area contributed by atoms with E-state index in [1.807, 2.05) is 12.4 Å². The van der Waals surface area contributed by atoms with Crippen LogP contribution in [0.4, 0.5) is 0 Å². The van der Waals surface area contributed by atoms with E-state index in [1.165, 1.54) is 37.7 Å². The van der Waals surface area contributed by atoms with Gasteiger partial charge in [-0.3, -0.25) is 4.98 Å². The first-order valence-corrected chi connectivity index (χ1v) is 6.86. The summed E-state index contributed by atoms with van der Waals surface area (Å²) in [6.07, 6.45) is 12.2. The lowest BCUT2D eigenvalue weighted by Gasteiger charge is -2.13. The third-order valence-corrected chi connectivity index (χ3v) is 3.31. The maximum Gasteiger partial charge on any atom is 0.0459 e. The van der Waals surface area contributed by atoms with E-state index in [0.717, 1.165) is 12.8 Å². The predicted molar refractivity (Wildman–Crippen MR) is 71.9 cm³/mol. The molecule has 0 aliphatic rings. The quantitative estimate of drug-likeness (QED) is 0.663. The lowest BCUT2D eigenvalue weighted by atomic mass is 9.95. The lowest BCUT2D eigenvalue weighted by molar-refractivity contribution is 0.207. The van der Waals surface area contributed by atoms with Crippen LogP contribution in [-0.2, 0) is 6.42 Å². The molecule has 1 heterocycles. The summed E-state index contributed by atoms with van der Waals surface area (Å²) in [5.74, 6) is 0.472. The normalized spacial score (nSPS) is 12.6. The summed E-state index contributed by atoms with van der Waals surface area (Å²) in [5, 5.41) is 9.35. The maximum absolute atomic E-state index is 9.35. The minimum atomic E-state index is 0.331. The molecule has 96 valence electrons. The highest BCUT2D eigenvalue weighted by atomic mass is 16.3. The first kappa shape index (κ1) is 14.2. The van der Waals surface area contributed by atoms with Gasteiger partial charge < -0.3 is 5.11 Å². The Morgan fingerprint density at radius 1 is 1.12 bits per heavy atom. The van der Waals surface area contributed by atoms with Gasteiger partial charge in [0.1, 0.15) is 0 Å². The second-order valence-corrected chi connectivity index (χ2v) is 4.79. The number of nitrogens with zero attached hydrogens (tertiary/aromatic N) is 1. The molecule has 0 bridgehead atoms. The van der Waals surface area contributed by atoms with Gasteiger partial charge in [0, 0.05) is 19.0 Å². The van der Waals surface area contributed by atoms with Crippen molar-refractivity contribution in [3.8, 4) is 0 Å². The molecule has 0 aromatic carbocycles. The molecule has 0 amide bonds. The molecular formula is C15H25NO. The number of aliphatic hydroxyl groups is 1. The second kappa shape index (κ2) is 9.17. The number of aryl methyl sites for hydroxylation is 1. The van der Waals surface area contributed by atoms with E-state index in [0.29, 0.717) is 12.5 Å². The summed E-state index contributed by atoms with van der Waals surface area (Å²) in [6.45, 7) is 2.56. The highest BCUT2D eigenvalue weighted by Gasteiger charge is 2.07. The third-order valence-electron chi connectivity index (χ3n) is 3.31. The van der Waals surface area contributed by atoms with Crippen LogP contribution in [-0.4, -0.2) is 16.7 Å².